The smallest absolute Gasteiger partial charge is 0.296 e. The van der Waals surface area contributed by atoms with Crippen LogP contribution in [0.5, 0.6) is 6.01 Å². The summed E-state index contributed by atoms with van der Waals surface area (Å²) in [5, 5.41) is 12.4. The van der Waals surface area contributed by atoms with E-state index in [1.54, 1.807) is 0 Å². The average molecular weight is 518 g/mol. The van der Waals surface area contributed by atoms with E-state index in [1.807, 2.05) is 55.5 Å². The highest BCUT2D eigenvalue weighted by atomic mass is 35.5. The quantitative estimate of drug-likeness (QED) is 0.127. The van der Waals surface area contributed by atoms with Gasteiger partial charge >= 0.3 is 0 Å². The molecule has 2 saturated heterocycles. The van der Waals surface area contributed by atoms with Gasteiger partial charge in [0.15, 0.2) is 11.8 Å². The van der Waals surface area contributed by atoms with Crippen molar-refractivity contribution in [3.63, 3.8) is 0 Å². The van der Waals surface area contributed by atoms with Crippen molar-refractivity contribution >= 4 is 34.8 Å². The molecule has 0 bridgehead atoms. The third kappa shape index (κ3) is 4.33. The first-order valence-corrected chi connectivity index (χ1v) is 12.3. The van der Waals surface area contributed by atoms with Crippen LogP contribution in [-0.4, -0.2) is 52.8 Å². The Bertz CT molecular complexity index is 1480. The van der Waals surface area contributed by atoms with Crippen LogP contribution in [0, 0.1) is 17.9 Å². The molecule has 0 radical (unpaired) electrons. The lowest BCUT2D eigenvalue weighted by Gasteiger charge is -2.15. The van der Waals surface area contributed by atoms with Crippen molar-refractivity contribution in [2.24, 2.45) is 5.22 Å². The van der Waals surface area contributed by atoms with Crippen molar-refractivity contribution in [2.45, 2.75) is 31.7 Å². The molecule has 2 fully saturated rings. The number of aryl methyl sites for hydroxylation is 1. The number of benzene rings is 2. The topological polar surface area (TPSA) is 133 Å². The van der Waals surface area contributed by atoms with E-state index in [-0.39, 0.29) is 18.3 Å². The molecule has 3 N–H and O–H groups in total. The summed E-state index contributed by atoms with van der Waals surface area (Å²) in [4.78, 5) is 12.4. The Morgan fingerprint density at radius 3 is 2.70 bits per heavy atom. The maximum atomic E-state index is 7.38. The zero-order valence-corrected chi connectivity index (χ0v) is 20.7. The molecule has 6 rings (SSSR count). The number of H-pyrrole nitrogens is 1. The predicted molar refractivity (Wildman–Crippen MR) is 139 cm³/mol. The van der Waals surface area contributed by atoms with E-state index in [0.717, 1.165) is 35.0 Å². The molecule has 11 heteroatoms. The Balaban J connectivity index is 1.24. The molecule has 2 aromatic heterocycles. The number of aromatic amines is 1. The van der Waals surface area contributed by atoms with E-state index < -0.39 is 0 Å². The van der Waals surface area contributed by atoms with Crippen LogP contribution in [0.2, 0.25) is 5.02 Å². The summed E-state index contributed by atoms with van der Waals surface area (Å²) in [6, 6.07) is 15.8. The molecule has 3 unspecified atom stereocenters. The number of ether oxygens (including phenoxy) is 3. The normalized spacial score (nSPS) is 20.6. The molecule has 0 spiro atoms. The molecule has 2 aliphatic rings. The van der Waals surface area contributed by atoms with Crippen LogP contribution < -0.4 is 9.75 Å². The maximum absolute atomic E-state index is 7.38. The summed E-state index contributed by atoms with van der Waals surface area (Å²) in [5.41, 5.74) is 13.6. The van der Waals surface area contributed by atoms with Crippen LogP contribution >= 0.6 is 11.6 Å². The molecule has 2 aliphatic heterocycles. The molecular formula is C26H24ClN7O3. The highest BCUT2D eigenvalue weighted by molar-refractivity contribution is 6.33. The second kappa shape index (κ2) is 9.55. The third-order valence-electron chi connectivity index (χ3n) is 6.76. The number of halogens is 1. The van der Waals surface area contributed by atoms with Gasteiger partial charge in [0.25, 0.3) is 6.01 Å². The lowest BCUT2D eigenvalue weighted by molar-refractivity contribution is 0.0273. The zero-order valence-electron chi connectivity index (χ0n) is 19.9. The van der Waals surface area contributed by atoms with Crippen LogP contribution in [0.4, 0.5) is 5.69 Å². The predicted octanol–water partition coefficient (Wildman–Crippen LogP) is 5.55. The molecular weight excluding hydrogens is 494 g/mol. The largest absolute Gasteiger partial charge is 0.456 e. The number of anilines is 1. The minimum Gasteiger partial charge on any atom is -0.456 e. The van der Waals surface area contributed by atoms with Gasteiger partial charge in [-0.2, -0.15) is 10.5 Å². The Labute approximate surface area is 217 Å². The first kappa shape index (κ1) is 23.5. The lowest BCUT2D eigenvalue weighted by Crippen LogP contribution is -2.32. The molecule has 0 saturated carbocycles. The summed E-state index contributed by atoms with van der Waals surface area (Å²) in [7, 11) is 0. The van der Waals surface area contributed by atoms with Gasteiger partial charge in [-0.1, -0.05) is 47.2 Å². The number of nitrogens with one attached hydrogen (secondary N) is 3. The van der Waals surface area contributed by atoms with E-state index in [9.17, 15) is 0 Å². The van der Waals surface area contributed by atoms with Crippen molar-refractivity contribution in [1.82, 2.24) is 15.0 Å². The molecule has 188 valence electrons. The second-order valence-electron chi connectivity index (χ2n) is 9.03. The van der Waals surface area contributed by atoms with Gasteiger partial charge in [-0.15, -0.1) is 0 Å². The minimum absolute atomic E-state index is 0.0683. The first-order chi connectivity index (χ1) is 18.0. The second-order valence-corrected chi connectivity index (χ2v) is 9.44. The minimum atomic E-state index is -0.206. The van der Waals surface area contributed by atoms with Crippen LogP contribution in [0.15, 0.2) is 53.8 Å². The standard InChI is InChI=1S/C26H24ClN7O3/c1-14-10-17(34(13-28)33-29)6-7-18(14)15-2-4-16(5-3-15)23-19(27)11-20-25(31-23)32-26(30-20)37-22-12-36-21-8-9-35-24(21)22/h2-7,10-11,13,21-22,24,28-29H,8-9,12H2,1H3,(H,30,31,32). The van der Waals surface area contributed by atoms with Gasteiger partial charge < -0.3 is 19.2 Å². The monoisotopic (exact) mass is 517 g/mol. The number of pyridine rings is 1. The van der Waals surface area contributed by atoms with Crippen molar-refractivity contribution in [3.05, 3.63) is 59.1 Å². The Kier molecular flexibility index (Phi) is 6.07. The first-order valence-electron chi connectivity index (χ1n) is 11.9. The van der Waals surface area contributed by atoms with Gasteiger partial charge in [0.1, 0.15) is 12.4 Å². The van der Waals surface area contributed by atoms with Gasteiger partial charge in [-0.3, -0.25) is 5.41 Å². The third-order valence-corrected chi connectivity index (χ3v) is 7.05. The van der Waals surface area contributed by atoms with E-state index in [2.05, 4.69) is 15.2 Å². The number of aromatic nitrogens is 3. The summed E-state index contributed by atoms with van der Waals surface area (Å²) in [6.45, 7) is 3.14. The van der Waals surface area contributed by atoms with Gasteiger partial charge in [0, 0.05) is 12.2 Å². The van der Waals surface area contributed by atoms with Crippen molar-refractivity contribution < 1.29 is 14.2 Å². The number of rotatable bonds is 7. The Hall–Kier alpha value is -3.86. The Morgan fingerprint density at radius 1 is 1.14 bits per heavy atom. The number of hydrogen-bond donors (Lipinski definition) is 3. The summed E-state index contributed by atoms with van der Waals surface area (Å²) >= 11 is 6.61. The van der Waals surface area contributed by atoms with E-state index >= 15 is 0 Å². The van der Waals surface area contributed by atoms with Gasteiger partial charge in [-0.25, -0.2) is 9.99 Å². The van der Waals surface area contributed by atoms with E-state index in [0.29, 0.717) is 46.8 Å². The molecule has 0 aliphatic carbocycles. The molecule has 4 aromatic rings. The molecule has 3 atom stereocenters. The summed E-state index contributed by atoms with van der Waals surface area (Å²) in [5.74, 6) is 0. The summed E-state index contributed by atoms with van der Waals surface area (Å²) in [6.07, 6.45) is 1.71. The number of hydrogen-bond acceptors (Lipinski definition) is 8. The Morgan fingerprint density at radius 2 is 1.95 bits per heavy atom. The molecule has 10 nitrogen and oxygen atoms in total. The zero-order chi connectivity index (χ0) is 25.5. The van der Waals surface area contributed by atoms with Crippen LogP contribution in [0.3, 0.4) is 0 Å². The maximum Gasteiger partial charge on any atom is 0.296 e. The fourth-order valence-corrected chi connectivity index (χ4v) is 5.17. The lowest BCUT2D eigenvalue weighted by atomic mass is 9.98. The van der Waals surface area contributed by atoms with Crippen LogP contribution in [-0.2, 0) is 9.47 Å². The van der Waals surface area contributed by atoms with E-state index in [4.69, 9.17) is 41.7 Å². The fourth-order valence-electron chi connectivity index (χ4n) is 4.91. The highest BCUT2D eigenvalue weighted by Crippen LogP contribution is 2.34. The van der Waals surface area contributed by atoms with Crippen molar-refractivity contribution in [1.29, 1.82) is 10.9 Å². The fraction of sp³-hybridized carbons (Fsp3) is 0.269. The summed E-state index contributed by atoms with van der Waals surface area (Å²) < 4.78 is 17.6. The number of imidazole rings is 1. The molecule has 37 heavy (non-hydrogen) atoms. The van der Waals surface area contributed by atoms with Gasteiger partial charge in [-0.05, 0) is 48.2 Å². The van der Waals surface area contributed by atoms with Gasteiger partial charge in [0.2, 0.25) is 0 Å². The SMILES string of the molecule is Cc1cc(N(C=N)N=N)ccc1-c1ccc(-c2nc3nc(OC4COC5CCOC54)[nH]c3cc2Cl)cc1. The highest BCUT2D eigenvalue weighted by Gasteiger charge is 2.43. The van der Waals surface area contributed by atoms with E-state index in [1.165, 1.54) is 5.01 Å². The van der Waals surface area contributed by atoms with Gasteiger partial charge in [0.05, 0.1) is 34.6 Å². The average Bonchev–Trinajstić information content (AvgIpc) is 3.62. The molecule has 2 aromatic carbocycles. The molecule has 0 amide bonds. The van der Waals surface area contributed by atoms with Crippen molar-refractivity contribution in [3.8, 4) is 28.4 Å². The number of nitrogens with zero attached hydrogens (tertiary/aromatic N) is 4. The molecule has 4 heterocycles. The van der Waals surface area contributed by atoms with Crippen molar-refractivity contribution in [2.75, 3.05) is 18.2 Å². The number of fused-ring (bicyclic) bond motifs is 2. The van der Waals surface area contributed by atoms with Crippen LogP contribution in [0.1, 0.15) is 12.0 Å². The van der Waals surface area contributed by atoms with Crippen LogP contribution in [0.25, 0.3) is 33.5 Å².